The minimum atomic E-state index is -0.957. The van der Waals surface area contributed by atoms with Gasteiger partial charge in [-0.15, -0.1) is 0 Å². The van der Waals surface area contributed by atoms with Crippen LogP contribution >= 0.6 is 15.9 Å². The molecule has 16 heavy (non-hydrogen) atoms. The highest BCUT2D eigenvalue weighted by Gasteiger charge is 2.18. The second kappa shape index (κ2) is 4.40. The molecule has 0 saturated heterocycles. The molecule has 2 atom stereocenters. The van der Waals surface area contributed by atoms with Crippen LogP contribution in [0, 0.1) is 0 Å². The van der Waals surface area contributed by atoms with Gasteiger partial charge in [-0.2, -0.15) is 4.98 Å². The van der Waals surface area contributed by atoms with Crippen LogP contribution in [0.15, 0.2) is 22.6 Å². The van der Waals surface area contributed by atoms with Gasteiger partial charge in [-0.05, 0) is 17.7 Å². The van der Waals surface area contributed by atoms with E-state index in [1.165, 1.54) is 0 Å². The Morgan fingerprint density at radius 2 is 2.19 bits per heavy atom. The van der Waals surface area contributed by atoms with Gasteiger partial charge in [0.25, 0.3) is 6.01 Å². The van der Waals surface area contributed by atoms with E-state index >= 15 is 0 Å². The molecule has 2 aromatic rings. The molecule has 0 aliphatic carbocycles. The Kier molecular flexibility index (Phi) is 3.13. The van der Waals surface area contributed by atoms with E-state index in [0.29, 0.717) is 22.0 Å². The van der Waals surface area contributed by atoms with Crippen molar-refractivity contribution in [2.45, 2.75) is 12.2 Å². The maximum atomic E-state index is 9.79. The Morgan fingerprint density at radius 1 is 1.44 bits per heavy atom. The van der Waals surface area contributed by atoms with Gasteiger partial charge in [-0.25, -0.2) is 0 Å². The zero-order valence-electron chi connectivity index (χ0n) is 8.30. The van der Waals surface area contributed by atoms with E-state index in [4.69, 9.17) is 10.2 Å². The molecule has 4 N–H and O–H groups in total. The van der Waals surface area contributed by atoms with Gasteiger partial charge in [0.2, 0.25) is 0 Å². The number of hydrogen-bond donors (Lipinski definition) is 3. The zero-order chi connectivity index (χ0) is 11.7. The molecule has 1 heterocycles. The molecular weight excluding hydrogens is 276 g/mol. The van der Waals surface area contributed by atoms with E-state index in [1.54, 1.807) is 18.2 Å². The molecular formula is C10H11BrN2O3. The number of nitrogens with two attached hydrogens (primary N) is 1. The van der Waals surface area contributed by atoms with Gasteiger partial charge in [-0.1, -0.05) is 22.0 Å². The van der Waals surface area contributed by atoms with E-state index in [2.05, 4.69) is 20.9 Å². The Hall–Kier alpha value is -1.11. The summed E-state index contributed by atoms with van der Waals surface area (Å²) >= 11 is 3.10. The summed E-state index contributed by atoms with van der Waals surface area (Å²) in [5.74, 6) is 0. The number of aromatic nitrogens is 1. The average Bonchev–Trinajstić information content (AvgIpc) is 2.65. The number of oxazole rings is 1. The number of aliphatic hydroxyl groups is 2. The summed E-state index contributed by atoms with van der Waals surface area (Å²) in [6, 6.07) is 5.07. The average molecular weight is 287 g/mol. The highest BCUT2D eigenvalue weighted by molar-refractivity contribution is 9.09. The minimum Gasteiger partial charge on any atom is -0.424 e. The SMILES string of the molecule is Nc1nc2cc(C(O)C(O)CBr)ccc2o1. The third kappa shape index (κ3) is 2.04. The van der Waals surface area contributed by atoms with Crippen molar-refractivity contribution < 1.29 is 14.6 Å². The number of fused-ring (bicyclic) bond motifs is 1. The fourth-order valence-corrected chi connectivity index (χ4v) is 1.81. The van der Waals surface area contributed by atoms with Crippen molar-refractivity contribution in [2.75, 3.05) is 11.1 Å². The molecule has 0 spiro atoms. The molecule has 0 aliphatic heterocycles. The van der Waals surface area contributed by atoms with Gasteiger partial charge in [0.1, 0.15) is 11.6 Å². The second-order valence-corrected chi connectivity index (χ2v) is 4.09. The predicted octanol–water partition coefficient (Wildman–Crippen LogP) is 1.20. The maximum absolute atomic E-state index is 9.79. The molecule has 0 radical (unpaired) electrons. The Morgan fingerprint density at radius 3 is 2.88 bits per heavy atom. The van der Waals surface area contributed by atoms with Gasteiger partial charge in [0, 0.05) is 5.33 Å². The molecule has 1 aromatic carbocycles. The van der Waals surface area contributed by atoms with E-state index in [9.17, 15) is 10.2 Å². The normalized spacial score (nSPS) is 15.2. The van der Waals surface area contributed by atoms with Crippen molar-refractivity contribution in [2.24, 2.45) is 0 Å². The standard InChI is InChI=1S/C10H11BrN2O3/c11-4-7(14)9(15)5-1-2-8-6(3-5)13-10(12)16-8/h1-3,7,9,14-15H,4H2,(H2,12,13). The van der Waals surface area contributed by atoms with Crippen LogP contribution in [0.5, 0.6) is 0 Å². The van der Waals surface area contributed by atoms with Crippen LogP contribution in [0.2, 0.25) is 0 Å². The molecule has 2 rings (SSSR count). The lowest BCUT2D eigenvalue weighted by Crippen LogP contribution is -2.19. The van der Waals surface area contributed by atoms with E-state index in [-0.39, 0.29) is 6.01 Å². The van der Waals surface area contributed by atoms with E-state index in [1.807, 2.05) is 0 Å². The van der Waals surface area contributed by atoms with Gasteiger partial charge in [-0.3, -0.25) is 0 Å². The van der Waals surface area contributed by atoms with Crippen molar-refractivity contribution in [3.63, 3.8) is 0 Å². The van der Waals surface area contributed by atoms with Crippen molar-refractivity contribution in [1.29, 1.82) is 0 Å². The van der Waals surface area contributed by atoms with Gasteiger partial charge in [0.05, 0.1) is 6.10 Å². The molecule has 0 aliphatic rings. The van der Waals surface area contributed by atoms with Crippen LogP contribution in [0.25, 0.3) is 11.1 Å². The Bertz CT molecular complexity index is 500. The molecule has 2 unspecified atom stereocenters. The first-order chi connectivity index (χ1) is 7.61. The van der Waals surface area contributed by atoms with E-state index < -0.39 is 12.2 Å². The van der Waals surface area contributed by atoms with Crippen molar-refractivity contribution >= 4 is 33.0 Å². The lowest BCUT2D eigenvalue weighted by atomic mass is 10.1. The predicted molar refractivity (Wildman–Crippen MR) is 63.2 cm³/mol. The van der Waals surface area contributed by atoms with Gasteiger partial charge >= 0.3 is 0 Å². The fraction of sp³-hybridized carbons (Fsp3) is 0.300. The highest BCUT2D eigenvalue weighted by Crippen LogP contribution is 2.24. The molecule has 86 valence electrons. The largest absolute Gasteiger partial charge is 0.424 e. The number of nitrogens with zero attached hydrogens (tertiary/aromatic N) is 1. The van der Waals surface area contributed by atoms with Crippen LogP contribution in [0.3, 0.4) is 0 Å². The molecule has 0 amide bonds. The molecule has 5 nitrogen and oxygen atoms in total. The summed E-state index contributed by atoms with van der Waals surface area (Å²) in [4.78, 5) is 3.95. The first kappa shape index (κ1) is 11.4. The van der Waals surface area contributed by atoms with Crippen LogP contribution in [-0.2, 0) is 0 Å². The number of alkyl halides is 1. The molecule has 0 saturated carbocycles. The van der Waals surface area contributed by atoms with Crippen LogP contribution < -0.4 is 5.73 Å². The van der Waals surface area contributed by atoms with Crippen LogP contribution in [0.1, 0.15) is 11.7 Å². The minimum absolute atomic E-state index is 0.0858. The molecule has 1 aromatic heterocycles. The quantitative estimate of drug-likeness (QED) is 0.738. The van der Waals surface area contributed by atoms with Gasteiger partial charge in [0.15, 0.2) is 5.58 Å². The topological polar surface area (TPSA) is 92.5 Å². The van der Waals surface area contributed by atoms with Gasteiger partial charge < -0.3 is 20.4 Å². The summed E-state index contributed by atoms with van der Waals surface area (Å²) in [6.45, 7) is 0. The molecule has 6 heteroatoms. The zero-order valence-corrected chi connectivity index (χ0v) is 9.89. The fourth-order valence-electron chi connectivity index (χ4n) is 1.45. The smallest absolute Gasteiger partial charge is 0.292 e. The van der Waals surface area contributed by atoms with Crippen molar-refractivity contribution in [3.05, 3.63) is 23.8 Å². The lowest BCUT2D eigenvalue weighted by molar-refractivity contribution is 0.0343. The number of anilines is 1. The number of hydrogen-bond acceptors (Lipinski definition) is 5. The first-order valence-electron chi connectivity index (χ1n) is 4.70. The number of halogens is 1. The third-order valence-electron chi connectivity index (χ3n) is 2.29. The van der Waals surface area contributed by atoms with Crippen LogP contribution in [0.4, 0.5) is 6.01 Å². The Labute approximate surface area is 100 Å². The summed E-state index contributed by atoms with van der Waals surface area (Å²) in [6.07, 6.45) is -1.82. The number of benzene rings is 1. The maximum Gasteiger partial charge on any atom is 0.292 e. The number of aliphatic hydroxyl groups excluding tert-OH is 2. The Balaban J connectivity index is 2.38. The summed E-state index contributed by atoms with van der Waals surface area (Å²) < 4.78 is 5.10. The van der Waals surface area contributed by atoms with Crippen molar-refractivity contribution in [3.8, 4) is 0 Å². The summed E-state index contributed by atoms with van der Waals surface area (Å²) in [7, 11) is 0. The highest BCUT2D eigenvalue weighted by atomic mass is 79.9. The van der Waals surface area contributed by atoms with E-state index in [0.717, 1.165) is 0 Å². The molecule has 0 bridgehead atoms. The summed E-state index contributed by atoms with van der Waals surface area (Å²) in [5.41, 5.74) is 7.10. The van der Waals surface area contributed by atoms with Crippen molar-refractivity contribution in [1.82, 2.24) is 4.98 Å². The monoisotopic (exact) mass is 286 g/mol. The van der Waals surface area contributed by atoms with Crippen LogP contribution in [-0.4, -0.2) is 26.6 Å². The lowest BCUT2D eigenvalue weighted by Gasteiger charge is -2.15. The number of nitrogen functional groups attached to an aromatic ring is 1. The molecule has 0 fully saturated rings. The number of rotatable bonds is 3. The summed E-state index contributed by atoms with van der Waals surface area (Å²) in [5, 5.41) is 19.6. The first-order valence-corrected chi connectivity index (χ1v) is 5.82. The third-order valence-corrected chi connectivity index (χ3v) is 2.96. The second-order valence-electron chi connectivity index (χ2n) is 3.45.